The lowest BCUT2D eigenvalue weighted by atomic mass is 10.0. The molecule has 0 spiro atoms. The maximum Gasteiger partial charge on any atom is 0.122 e. The van der Waals surface area contributed by atoms with Crippen molar-refractivity contribution in [3.8, 4) is 0 Å². The zero-order chi connectivity index (χ0) is 13.7. The molecule has 0 unspecified atom stereocenters. The van der Waals surface area contributed by atoms with Crippen LogP contribution < -0.4 is 0 Å². The predicted octanol–water partition coefficient (Wildman–Crippen LogP) is 4.17. The lowest BCUT2D eigenvalue weighted by Crippen LogP contribution is -2.07. The fourth-order valence-electron chi connectivity index (χ4n) is 1.74. The first-order valence-electron chi connectivity index (χ1n) is 6.53. The van der Waals surface area contributed by atoms with Crippen molar-refractivity contribution in [3.63, 3.8) is 0 Å². The highest BCUT2D eigenvalue weighted by molar-refractivity contribution is 6.12. The van der Waals surface area contributed by atoms with Gasteiger partial charge in [-0.2, -0.15) is 0 Å². The highest BCUT2D eigenvalue weighted by Gasteiger charge is 2.07. The number of nitrogens with zero attached hydrogens (tertiary/aromatic N) is 1. The summed E-state index contributed by atoms with van der Waals surface area (Å²) < 4.78 is 0. The van der Waals surface area contributed by atoms with Crippen LogP contribution in [0.5, 0.6) is 0 Å². The standard InChI is InChI=1S/C17H19NO/c1-13(2)19-18-17(15-7-5-4-6-8-15)16-11-9-14(3)10-12-16/h4-13H,1-3H3/b18-17-. The van der Waals surface area contributed by atoms with Crippen LogP contribution in [0.4, 0.5) is 0 Å². The zero-order valence-corrected chi connectivity index (χ0v) is 11.6. The van der Waals surface area contributed by atoms with Gasteiger partial charge in [-0.05, 0) is 20.8 Å². The smallest absolute Gasteiger partial charge is 0.122 e. The SMILES string of the molecule is Cc1ccc(/C(=N\OC(C)C)c2ccccc2)cc1. The number of rotatable bonds is 4. The number of aryl methyl sites for hydroxylation is 1. The minimum atomic E-state index is 0.0733. The molecule has 2 aromatic carbocycles. The molecular weight excluding hydrogens is 234 g/mol. The van der Waals surface area contributed by atoms with Gasteiger partial charge in [0.25, 0.3) is 0 Å². The molecule has 98 valence electrons. The fourth-order valence-corrected chi connectivity index (χ4v) is 1.74. The third kappa shape index (κ3) is 3.68. The monoisotopic (exact) mass is 253 g/mol. The molecule has 19 heavy (non-hydrogen) atoms. The molecule has 2 aromatic rings. The van der Waals surface area contributed by atoms with Gasteiger partial charge in [0.05, 0.1) is 0 Å². The van der Waals surface area contributed by atoms with E-state index in [2.05, 4.69) is 36.3 Å². The maximum atomic E-state index is 5.43. The second-order valence-electron chi connectivity index (χ2n) is 4.83. The molecule has 0 aliphatic heterocycles. The van der Waals surface area contributed by atoms with Crippen molar-refractivity contribution >= 4 is 5.71 Å². The molecule has 0 aliphatic rings. The van der Waals surface area contributed by atoms with E-state index in [0.717, 1.165) is 16.8 Å². The molecule has 0 bridgehead atoms. The van der Waals surface area contributed by atoms with Crippen LogP contribution in [-0.2, 0) is 4.84 Å². The molecule has 0 amide bonds. The third-order valence-corrected chi connectivity index (χ3v) is 2.73. The Morgan fingerprint density at radius 2 is 1.47 bits per heavy atom. The van der Waals surface area contributed by atoms with Crippen molar-refractivity contribution in [2.75, 3.05) is 0 Å². The third-order valence-electron chi connectivity index (χ3n) is 2.73. The van der Waals surface area contributed by atoms with Gasteiger partial charge in [-0.3, -0.25) is 0 Å². The summed E-state index contributed by atoms with van der Waals surface area (Å²) in [5, 5.41) is 4.31. The van der Waals surface area contributed by atoms with E-state index in [-0.39, 0.29) is 6.10 Å². The lowest BCUT2D eigenvalue weighted by Gasteiger charge is -2.09. The van der Waals surface area contributed by atoms with E-state index >= 15 is 0 Å². The summed E-state index contributed by atoms with van der Waals surface area (Å²) in [7, 11) is 0. The highest BCUT2D eigenvalue weighted by Crippen LogP contribution is 2.13. The van der Waals surface area contributed by atoms with Crippen molar-refractivity contribution in [1.82, 2.24) is 0 Å². The Bertz CT molecular complexity index is 541. The van der Waals surface area contributed by atoms with E-state index in [1.165, 1.54) is 5.56 Å². The molecule has 0 aromatic heterocycles. The molecule has 0 aliphatic carbocycles. The summed E-state index contributed by atoms with van der Waals surface area (Å²) in [6.45, 7) is 6.02. The van der Waals surface area contributed by atoms with Gasteiger partial charge in [-0.15, -0.1) is 0 Å². The van der Waals surface area contributed by atoms with Gasteiger partial charge in [0.2, 0.25) is 0 Å². The molecule has 0 heterocycles. The van der Waals surface area contributed by atoms with Gasteiger partial charge in [-0.1, -0.05) is 65.3 Å². The molecule has 0 N–H and O–H groups in total. The van der Waals surface area contributed by atoms with E-state index in [4.69, 9.17) is 4.84 Å². The molecule has 0 radical (unpaired) electrons. The second-order valence-corrected chi connectivity index (χ2v) is 4.83. The van der Waals surface area contributed by atoms with Crippen LogP contribution in [0.25, 0.3) is 0 Å². The molecule has 2 rings (SSSR count). The first kappa shape index (κ1) is 13.3. The Balaban J connectivity index is 2.40. The van der Waals surface area contributed by atoms with E-state index in [1.54, 1.807) is 0 Å². The lowest BCUT2D eigenvalue weighted by molar-refractivity contribution is 0.0863. The second kappa shape index (κ2) is 6.19. The van der Waals surface area contributed by atoms with Crippen LogP contribution >= 0.6 is 0 Å². The molecule has 2 heteroatoms. The zero-order valence-electron chi connectivity index (χ0n) is 11.6. The molecule has 0 fully saturated rings. The number of benzene rings is 2. The molecule has 0 atom stereocenters. The summed E-state index contributed by atoms with van der Waals surface area (Å²) in [6, 6.07) is 18.4. The number of oxime groups is 1. The van der Waals surface area contributed by atoms with Crippen molar-refractivity contribution in [2.24, 2.45) is 5.16 Å². The molecule has 0 saturated heterocycles. The minimum Gasteiger partial charge on any atom is -0.393 e. The summed E-state index contributed by atoms with van der Waals surface area (Å²) in [5.41, 5.74) is 4.24. The Morgan fingerprint density at radius 1 is 0.895 bits per heavy atom. The van der Waals surface area contributed by atoms with E-state index in [0.29, 0.717) is 0 Å². The van der Waals surface area contributed by atoms with Crippen LogP contribution in [0, 0.1) is 6.92 Å². The summed E-state index contributed by atoms with van der Waals surface area (Å²) in [4.78, 5) is 5.43. The van der Waals surface area contributed by atoms with Crippen molar-refractivity contribution in [1.29, 1.82) is 0 Å². The Kier molecular flexibility index (Phi) is 4.35. The average Bonchev–Trinajstić information content (AvgIpc) is 2.42. The Labute approximate surface area is 114 Å². The van der Waals surface area contributed by atoms with Crippen LogP contribution in [-0.4, -0.2) is 11.8 Å². The summed E-state index contributed by atoms with van der Waals surface area (Å²) in [6.07, 6.45) is 0.0733. The van der Waals surface area contributed by atoms with Gasteiger partial charge in [0.1, 0.15) is 11.8 Å². The Morgan fingerprint density at radius 3 is 2.05 bits per heavy atom. The number of hydrogen-bond donors (Lipinski definition) is 0. The molecular formula is C17H19NO. The van der Waals surface area contributed by atoms with E-state index < -0.39 is 0 Å². The first-order valence-corrected chi connectivity index (χ1v) is 6.53. The van der Waals surface area contributed by atoms with Gasteiger partial charge in [0, 0.05) is 11.1 Å². The molecule has 0 saturated carbocycles. The maximum absolute atomic E-state index is 5.43. The van der Waals surface area contributed by atoms with Gasteiger partial charge < -0.3 is 4.84 Å². The van der Waals surface area contributed by atoms with Gasteiger partial charge in [0.15, 0.2) is 0 Å². The largest absolute Gasteiger partial charge is 0.393 e. The van der Waals surface area contributed by atoms with Gasteiger partial charge >= 0.3 is 0 Å². The quantitative estimate of drug-likeness (QED) is 0.592. The molecule has 2 nitrogen and oxygen atoms in total. The van der Waals surface area contributed by atoms with Crippen molar-refractivity contribution in [3.05, 3.63) is 71.3 Å². The first-order chi connectivity index (χ1) is 9.16. The normalized spacial score (nSPS) is 11.7. The van der Waals surface area contributed by atoms with Crippen molar-refractivity contribution < 1.29 is 4.84 Å². The topological polar surface area (TPSA) is 21.6 Å². The fraction of sp³-hybridized carbons (Fsp3) is 0.235. The van der Waals surface area contributed by atoms with Gasteiger partial charge in [-0.25, -0.2) is 0 Å². The summed E-state index contributed by atoms with van der Waals surface area (Å²) in [5.74, 6) is 0. The Hall–Kier alpha value is -2.09. The number of hydrogen-bond acceptors (Lipinski definition) is 2. The average molecular weight is 253 g/mol. The van der Waals surface area contributed by atoms with Crippen molar-refractivity contribution in [2.45, 2.75) is 26.9 Å². The predicted molar refractivity (Wildman–Crippen MR) is 79.5 cm³/mol. The van der Waals surface area contributed by atoms with Crippen LogP contribution in [0.2, 0.25) is 0 Å². The van der Waals surface area contributed by atoms with Crippen LogP contribution in [0.3, 0.4) is 0 Å². The van der Waals surface area contributed by atoms with E-state index in [1.807, 2.05) is 44.2 Å². The highest BCUT2D eigenvalue weighted by atomic mass is 16.6. The minimum absolute atomic E-state index is 0.0733. The van der Waals surface area contributed by atoms with E-state index in [9.17, 15) is 0 Å². The van der Waals surface area contributed by atoms with Crippen LogP contribution in [0.15, 0.2) is 59.8 Å². The van der Waals surface area contributed by atoms with Crippen LogP contribution in [0.1, 0.15) is 30.5 Å². The summed E-state index contributed by atoms with van der Waals surface area (Å²) >= 11 is 0.